The number of aryl methyl sites for hydroxylation is 1. The highest BCUT2D eigenvalue weighted by Crippen LogP contribution is 2.38. The minimum atomic E-state index is -0.513. The Morgan fingerprint density at radius 1 is 1.00 bits per heavy atom. The van der Waals surface area contributed by atoms with E-state index < -0.39 is 17.4 Å². The van der Waals surface area contributed by atoms with E-state index in [1.54, 1.807) is 7.05 Å². The molecule has 216 valence electrons. The standard InChI is InChI=1S/C35H48N2O3/c1-22(2)25-15-16-26-18-31(33(39)19-27-13-10-12-24-11-8-9-14-29(24)27)37(21-28(26)17-25)34(40)30(35(4,5)6)20-32(38)23(3)36-7/h8-9,11,14-17,22-23,27,30-31,36H,10,12-13,18-21H2,1-7H3/t23-,27-,30+,31-/m0/s1. The molecule has 4 atom stereocenters. The molecule has 0 saturated heterocycles. The number of Topliss-reactive ketones (excluding diaryl/α,β-unsaturated/α-hetero) is 2. The van der Waals surface area contributed by atoms with E-state index in [4.69, 9.17) is 0 Å². The van der Waals surface area contributed by atoms with Gasteiger partial charge in [-0.2, -0.15) is 0 Å². The zero-order valence-electron chi connectivity index (χ0n) is 25.5. The third-order valence-corrected chi connectivity index (χ3v) is 9.29. The maximum Gasteiger partial charge on any atom is 0.227 e. The first-order chi connectivity index (χ1) is 18.9. The predicted octanol–water partition coefficient (Wildman–Crippen LogP) is 6.37. The number of nitrogens with one attached hydrogen (secondary N) is 1. The van der Waals surface area contributed by atoms with E-state index in [2.05, 4.69) is 61.6 Å². The number of ketones is 2. The molecule has 5 heteroatoms. The summed E-state index contributed by atoms with van der Waals surface area (Å²) in [5.41, 5.74) is 5.73. The first kappa shape index (κ1) is 30.2. The number of amides is 1. The van der Waals surface area contributed by atoms with Crippen LogP contribution < -0.4 is 5.32 Å². The molecule has 5 nitrogen and oxygen atoms in total. The first-order valence-corrected chi connectivity index (χ1v) is 15.1. The van der Waals surface area contributed by atoms with Crippen LogP contribution in [0.2, 0.25) is 0 Å². The van der Waals surface area contributed by atoms with E-state index in [-0.39, 0.29) is 35.9 Å². The summed E-state index contributed by atoms with van der Waals surface area (Å²) in [6.45, 7) is 12.7. The van der Waals surface area contributed by atoms with E-state index in [9.17, 15) is 14.4 Å². The lowest BCUT2D eigenvalue weighted by atomic mass is 9.75. The van der Waals surface area contributed by atoms with Gasteiger partial charge in [0, 0.05) is 31.7 Å². The normalized spacial score (nSPS) is 20.4. The average Bonchev–Trinajstić information content (AvgIpc) is 2.93. The van der Waals surface area contributed by atoms with Crippen LogP contribution in [0.25, 0.3) is 0 Å². The van der Waals surface area contributed by atoms with Crippen molar-refractivity contribution in [3.05, 3.63) is 70.3 Å². The summed E-state index contributed by atoms with van der Waals surface area (Å²) in [7, 11) is 1.77. The van der Waals surface area contributed by atoms with Gasteiger partial charge in [0.2, 0.25) is 5.91 Å². The lowest BCUT2D eigenvalue weighted by Crippen LogP contribution is -2.53. The van der Waals surface area contributed by atoms with Gasteiger partial charge in [0.15, 0.2) is 5.78 Å². The van der Waals surface area contributed by atoms with E-state index in [0.29, 0.717) is 25.3 Å². The number of rotatable bonds is 9. The summed E-state index contributed by atoms with van der Waals surface area (Å²) in [5, 5.41) is 3.02. The Hall–Kier alpha value is -2.79. The van der Waals surface area contributed by atoms with E-state index in [1.807, 2.05) is 32.6 Å². The Morgan fingerprint density at radius 3 is 2.40 bits per heavy atom. The maximum absolute atomic E-state index is 14.4. The van der Waals surface area contributed by atoms with Crippen molar-refractivity contribution < 1.29 is 14.4 Å². The van der Waals surface area contributed by atoms with Gasteiger partial charge in [0.05, 0.1) is 12.1 Å². The van der Waals surface area contributed by atoms with Gasteiger partial charge in [-0.25, -0.2) is 0 Å². The molecular formula is C35H48N2O3. The third kappa shape index (κ3) is 6.57. The third-order valence-electron chi connectivity index (χ3n) is 9.29. The fraction of sp³-hybridized carbons (Fsp3) is 0.571. The molecule has 1 heterocycles. The average molecular weight is 545 g/mol. The number of benzene rings is 2. The zero-order valence-corrected chi connectivity index (χ0v) is 25.5. The number of likely N-dealkylation sites (N-methyl/N-ethyl adjacent to an activating group) is 1. The van der Waals surface area contributed by atoms with Crippen molar-refractivity contribution in [2.45, 2.75) is 111 Å². The monoisotopic (exact) mass is 544 g/mol. The fourth-order valence-electron chi connectivity index (χ4n) is 6.43. The largest absolute Gasteiger partial charge is 0.328 e. The summed E-state index contributed by atoms with van der Waals surface area (Å²) in [4.78, 5) is 43.4. The quantitative estimate of drug-likeness (QED) is 0.398. The lowest BCUT2D eigenvalue weighted by molar-refractivity contribution is -0.149. The Kier molecular flexibility index (Phi) is 9.34. The van der Waals surface area contributed by atoms with Gasteiger partial charge in [-0.05, 0) is 78.3 Å². The second-order valence-electron chi connectivity index (χ2n) is 13.4. The highest BCUT2D eigenvalue weighted by atomic mass is 16.2. The van der Waals surface area contributed by atoms with E-state index >= 15 is 0 Å². The van der Waals surface area contributed by atoms with Crippen LogP contribution in [0.5, 0.6) is 0 Å². The first-order valence-electron chi connectivity index (χ1n) is 15.1. The summed E-state index contributed by atoms with van der Waals surface area (Å²) in [6, 6.07) is 14.2. The van der Waals surface area contributed by atoms with Crippen molar-refractivity contribution in [2.75, 3.05) is 7.05 Å². The molecule has 0 saturated carbocycles. The molecular weight excluding hydrogens is 496 g/mol. The van der Waals surface area contributed by atoms with Gasteiger partial charge in [0.1, 0.15) is 5.78 Å². The number of carbonyl (C=O) groups is 3. The Labute approximate surface area is 241 Å². The van der Waals surface area contributed by atoms with Gasteiger partial charge < -0.3 is 10.2 Å². The minimum absolute atomic E-state index is 0.0250. The van der Waals surface area contributed by atoms with Gasteiger partial charge in [-0.15, -0.1) is 0 Å². The molecule has 0 unspecified atom stereocenters. The molecule has 0 spiro atoms. The SMILES string of the molecule is CN[C@@H](C)C(=O)C[C@H](C(=O)N1Cc2cc(C(C)C)ccc2C[C@H]1C(=O)C[C@@H]1CCCc2ccccc21)C(C)(C)C. The van der Waals surface area contributed by atoms with Gasteiger partial charge in [-0.3, -0.25) is 14.4 Å². The number of fused-ring (bicyclic) bond motifs is 2. The van der Waals surface area contributed by atoms with Crippen molar-refractivity contribution in [3.8, 4) is 0 Å². The smallest absolute Gasteiger partial charge is 0.227 e. The molecule has 1 aliphatic heterocycles. The highest BCUT2D eigenvalue weighted by Gasteiger charge is 2.42. The van der Waals surface area contributed by atoms with Crippen LogP contribution >= 0.6 is 0 Å². The van der Waals surface area contributed by atoms with E-state index in [0.717, 1.165) is 30.4 Å². The second-order valence-corrected chi connectivity index (χ2v) is 13.4. The Morgan fingerprint density at radius 2 is 1.73 bits per heavy atom. The molecule has 4 rings (SSSR count). The summed E-state index contributed by atoms with van der Waals surface area (Å²) >= 11 is 0. The topological polar surface area (TPSA) is 66.5 Å². The molecule has 40 heavy (non-hydrogen) atoms. The van der Waals surface area contributed by atoms with Crippen LogP contribution in [0.4, 0.5) is 0 Å². The second kappa shape index (κ2) is 12.4. The molecule has 2 aromatic carbocycles. The van der Waals surface area contributed by atoms with Gasteiger partial charge >= 0.3 is 0 Å². The molecule has 2 aromatic rings. The number of hydrogen-bond donors (Lipinski definition) is 1. The van der Waals surface area contributed by atoms with Crippen molar-refractivity contribution in [1.82, 2.24) is 10.2 Å². The molecule has 0 bridgehead atoms. The van der Waals surface area contributed by atoms with Crippen LogP contribution in [-0.4, -0.2) is 41.5 Å². The zero-order chi connectivity index (χ0) is 29.2. The molecule has 1 amide bonds. The summed E-state index contributed by atoms with van der Waals surface area (Å²) < 4.78 is 0. The van der Waals surface area contributed by atoms with Crippen molar-refractivity contribution >= 4 is 17.5 Å². The molecule has 1 aliphatic carbocycles. The van der Waals surface area contributed by atoms with Gasteiger partial charge in [-0.1, -0.05) is 77.1 Å². The van der Waals surface area contributed by atoms with E-state index in [1.165, 1.54) is 16.7 Å². The molecule has 2 aliphatic rings. The Balaban J connectivity index is 1.68. The van der Waals surface area contributed by atoms with Gasteiger partial charge in [0.25, 0.3) is 0 Å². The van der Waals surface area contributed by atoms with Crippen molar-refractivity contribution in [3.63, 3.8) is 0 Å². The number of nitrogens with zero attached hydrogens (tertiary/aromatic N) is 1. The molecule has 0 radical (unpaired) electrons. The van der Waals surface area contributed by atoms with Crippen molar-refractivity contribution in [1.29, 1.82) is 0 Å². The van der Waals surface area contributed by atoms with Crippen LogP contribution in [0.1, 0.15) is 107 Å². The van der Waals surface area contributed by atoms with Crippen LogP contribution in [0.15, 0.2) is 42.5 Å². The maximum atomic E-state index is 14.4. The predicted molar refractivity (Wildman–Crippen MR) is 161 cm³/mol. The van der Waals surface area contributed by atoms with Crippen LogP contribution in [0, 0.1) is 11.3 Å². The van der Waals surface area contributed by atoms with Crippen LogP contribution in [0.3, 0.4) is 0 Å². The molecule has 0 fully saturated rings. The van der Waals surface area contributed by atoms with Crippen LogP contribution in [-0.2, 0) is 33.8 Å². The molecule has 0 aromatic heterocycles. The summed E-state index contributed by atoms with van der Waals surface area (Å²) in [6.07, 6.45) is 4.29. The van der Waals surface area contributed by atoms with Crippen molar-refractivity contribution in [2.24, 2.45) is 11.3 Å². The number of carbonyl (C=O) groups excluding carboxylic acids is 3. The number of hydrogen-bond acceptors (Lipinski definition) is 4. The summed E-state index contributed by atoms with van der Waals surface area (Å²) in [5.74, 6) is 0.149. The highest BCUT2D eigenvalue weighted by molar-refractivity contribution is 5.94. The molecule has 1 N–H and O–H groups in total. The Bertz CT molecular complexity index is 1240. The lowest BCUT2D eigenvalue weighted by Gasteiger charge is -2.41. The minimum Gasteiger partial charge on any atom is -0.328 e. The fourth-order valence-corrected chi connectivity index (χ4v) is 6.43.